The molecule has 2 heterocycles. The van der Waals surface area contributed by atoms with E-state index in [1.807, 2.05) is 17.0 Å². The molecule has 0 saturated carbocycles. The van der Waals surface area contributed by atoms with Crippen LogP contribution in [-0.4, -0.2) is 27.3 Å². The Kier molecular flexibility index (Phi) is 4.38. The Morgan fingerprint density at radius 1 is 1.50 bits per heavy atom. The smallest absolute Gasteiger partial charge is 0.222 e. The number of pyridine rings is 1. The van der Waals surface area contributed by atoms with Crippen molar-refractivity contribution in [3.63, 3.8) is 0 Å². The van der Waals surface area contributed by atoms with Gasteiger partial charge in [0, 0.05) is 25.7 Å². The fraction of sp³-hybridized carbons (Fsp3) is 0.533. The lowest BCUT2D eigenvalue weighted by molar-refractivity contribution is -0.131. The van der Waals surface area contributed by atoms with Crippen molar-refractivity contribution in [2.24, 2.45) is 11.1 Å². The number of likely N-dealkylation sites (tertiary alicyclic amines) is 1. The van der Waals surface area contributed by atoms with Gasteiger partial charge >= 0.3 is 0 Å². The number of hydrogen-bond donors (Lipinski definition) is 1. The molecule has 1 amide bonds. The summed E-state index contributed by atoms with van der Waals surface area (Å²) in [5, 5.41) is 0. The number of hydrogen-bond acceptors (Lipinski definition) is 3. The number of aromatic nitrogens is 1. The molecule has 0 aliphatic carbocycles. The molecule has 4 nitrogen and oxygen atoms in total. The summed E-state index contributed by atoms with van der Waals surface area (Å²) in [6, 6.07) is 3.77. The van der Waals surface area contributed by atoms with E-state index >= 15 is 0 Å². The van der Waals surface area contributed by atoms with Gasteiger partial charge in [-0.05, 0) is 36.0 Å². The number of thiocarbonyl (C=S) groups is 1. The largest absolute Gasteiger partial charge is 0.388 e. The molecule has 0 radical (unpaired) electrons. The van der Waals surface area contributed by atoms with Gasteiger partial charge in [0.05, 0.1) is 5.69 Å². The van der Waals surface area contributed by atoms with Crippen LogP contribution in [0.4, 0.5) is 0 Å². The molecule has 0 atom stereocenters. The first-order valence-corrected chi connectivity index (χ1v) is 7.31. The Labute approximate surface area is 125 Å². The van der Waals surface area contributed by atoms with Crippen LogP contribution in [-0.2, 0) is 11.3 Å². The third kappa shape index (κ3) is 3.76. The fourth-order valence-corrected chi connectivity index (χ4v) is 2.50. The molecule has 1 aliphatic heterocycles. The van der Waals surface area contributed by atoms with E-state index in [1.165, 1.54) is 0 Å². The number of nitrogens with two attached hydrogens (primary N) is 1. The van der Waals surface area contributed by atoms with Crippen molar-refractivity contribution in [3.8, 4) is 0 Å². The summed E-state index contributed by atoms with van der Waals surface area (Å²) >= 11 is 4.94. The summed E-state index contributed by atoms with van der Waals surface area (Å²) in [7, 11) is 0. The molecule has 1 aliphatic rings. The average molecular weight is 291 g/mol. The summed E-state index contributed by atoms with van der Waals surface area (Å²) in [4.78, 5) is 18.5. The highest BCUT2D eigenvalue weighted by Crippen LogP contribution is 2.30. The SMILES string of the molecule is CC1(C)CCC(=O)N(Cc2ccnc(C(N)=S)c2)CC1. The Hall–Kier alpha value is -1.49. The molecule has 2 rings (SSSR count). The highest BCUT2D eigenvalue weighted by molar-refractivity contribution is 7.80. The first kappa shape index (κ1) is 14.9. The van der Waals surface area contributed by atoms with Crippen molar-refractivity contribution in [3.05, 3.63) is 29.6 Å². The van der Waals surface area contributed by atoms with Crippen molar-refractivity contribution in [1.82, 2.24) is 9.88 Å². The second kappa shape index (κ2) is 5.87. The number of amides is 1. The van der Waals surface area contributed by atoms with E-state index in [0.29, 0.717) is 18.7 Å². The zero-order valence-corrected chi connectivity index (χ0v) is 12.9. The Morgan fingerprint density at radius 2 is 2.25 bits per heavy atom. The van der Waals surface area contributed by atoms with Gasteiger partial charge in [0.25, 0.3) is 0 Å². The van der Waals surface area contributed by atoms with Crippen molar-refractivity contribution in [1.29, 1.82) is 0 Å². The zero-order chi connectivity index (χ0) is 14.8. The minimum absolute atomic E-state index is 0.226. The third-order valence-electron chi connectivity index (χ3n) is 3.88. The summed E-state index contributed by atoms with van der Waals surface area (Å²) in [6.45, 7) is 5.85. The molecular weight excluding hydrogens is 270 g/mol. The lowest BCUT2D eigenvalue weighted by Gasteiger charge is -2.23. The predicted octanol–water partition coefficient (Wildman–Crippen LogP) is 2.25. The quantitative estimate of drug-likeness (QED) is 0.868. The third-order valence-corrected chi connectivity index (χ3v) is 4.09. The van der Waals surface area contributed by atoms with Gasteiger partial charge < -0.3 is 10.6 Å². The van der Waals surface area contributed by atoms with Gasteiger partial charge in [-0.3, -0.25) is 9.78 Å². The van der Waals surface area contributed by atoms with Gasteiger partial charge in [-0.25, -0.2) is 0 Å². The van der Waals surface area contributed by atoms with Crippen LogP contribution in [0.3, 0.4) is 0 Å². The van der Waals surface area contributed by atoms with E-state index in [1.54, 1.807) is 6.20 Å². The Bertz CT molecular complexity index is 528. The number of carbonyl (C=O) groups excluding carboxylic acids is 1. The molecule has 20 heavy (non-hydrogen) atoms. The standard InChI is InChI=1S/C15H21N3OS/c1-15(2)5-3-13(19)18(8-6-15)10-11-4-7-17-12(9-11)14(16)20/h4,7,9H,3,5-6,8,10H2,1-2H3,(H2,16,20). The highest BCUT2D eigenvalue weighted by Gasteiger charge is 2.27. The first-order chi connectivity index (χ1) is 9.37. The molecule has 1 saturated heterocycles. The van der Waals surface area contributed by atoms with E-state index in [4.69, 9.17) is 18.0 Å². The van der Waals surface area contributed by atoms with E-state index in [-0.39, 0.29) is 16.3 Å². The van der Waals surface area contributed by atoms with Gasteiger partial charge in [-0.2, -0.15) is 0 Å². The maximum Gasteiger partial charge on any atom is 0.222 e. The average Bonchev–Trinajstić information content (AvgIpc) is 2.52. The monoisotopic (exact) mass is 291 g/mol. The highest BCUT2D eigenvalue weighted by atomic mass is 32.1. The van der Waals surface area contributed by atoms with Crippen molar-refractivity contribution < 1.29 is 4.79 Å². The van der Waals surface area contributed by atoms with E-state index in [9.17, 15) is 4.79 Å². The van der Waals surface area contributed by atoms with Crippen LogP contribution in [0.25, 0.3) is 0 Å². The van der Waals surface area contributed by atoms with Gasteiger partial charge in [0.2, 0.25) is 5.91 Å². The lowest BCUT2D eigenvalue weighted by atomic mass is 9.85. The maximum absolute atomic E-state index is 12.2. The van der Waals surface area contributed by atoms with Gasteiger partial charge in [0.15, 0.2) is 0 Å². The molecule has 0 aromatic carbocycles. The zero-order valence-electron chi connectivity index (χ0n) is 12.1. The van der Waals surface area contributed by atoms with Crippen molar-refractivity contribution in [2.45, 2.75) is 39.7 Å². The van der Waals surface area contributed by atoms with Crippen molar-refractivity contribution >= 4 is 23.1 Å². The van der Waals surface area contributed by atoms with Crippen LogP contribution in [0, 0.1) is 5.41 Å². The molecule has 1 aromatic rings. The lowest BCUT2D eigenvalue weighted by Crippen LogP contribution is -2.30. The molecule has 0 unspecified atom stereocenters. The van der Waals surface area contributed by atoms with Crippen LogP contribution < -0.4 is 5.73 Å². The molecule has 1 fully saturated rings. The Morgan fingerprint density at radius 3 is 2.95 bits per heavy atom. The minimum atomic E-state index is 0.226. The van der Waals surface area contributed by atoms with Gasteiger partial charge in [-0.15, -0.1) is 0 Å². The summed E-state index contributed by atoms with van der Waals surface area (Å²) in [5.74, 6) is 0.226. The molecule has 1 aromatic heterocycles. The number of carbonyl (C=O) groups is 1. The first-order valence-electron chi connectivity index (χ1n) is 6.90. The van der Waals surface area contributed by atoms with Crippen LogP contribution in [0.1, 0.15) is 44.4 Å². The van der Waals surface area contributed by atoms with E-state index in [2.05, 4.69) is 18.8 Å². The maximum atomic E-state index is 12.2. The minimum Gasteiger partial charge on any atom is -0.388 e. The van der Waals surface area contributed by atoms with Crippen LogP contribution >= 0.6 is 12.2 Å². The molecule has 2 N–H and O–H groups in total. The predicted molar refractivity (Wildman–Crippen MR) is 83.2 cm³/mol. The normalized spacial score (nSPS) is 18.7. The van der Waals surface area contributed by atoms with E-state index in [0.717, 1.165) is 24.9 Å². The molecule has 0 bridgehead atoms. The molecular formula is C15H21N3OS. The van der Waals surface area contributed by atoms with E-state index < -0.39 is 0 Å². The van der Waals surface area contributed by atoms with Gasteiger partial charge in [-0.1, -0.05) is 26.1 Å². The van der Waals surface area contributed by atoms with Crippen LogP contribution in [0.15, 0.2) is 18.3 Å². The summed E-state index contributed by atoms with van der Waals surface area (Å²) in [5.41, 5.74) is 7.47. The topological polar surface area (TPSA) is 59.2 Å². The number of rotatable bonds is 3. The molecule has 5 heteroatoms. The summed E-state index contributed by atoms with van der Waals surface area (Å²) in [6.07, 6.45) is 4.30. The van der Waals surface area contributed by atoms with Crippen LogP contribution in [0.5, 0.6) is 0 Å². The van der Waals surface area contributed by atoms with Gasteiger partial charge in [0.1, 0.15) is 4.99 Å². The van der Waals surface area contributed by atoms with Crippen molar-refractivity contribution in [2.75, 3.05) is 6.54 Å². The van der Waals surface area contributed by atoms with Crippen LogP contribution in [0.2, 0.25) is 0 Å². The fourth-order valence-electron chi connectivity index (χ4n) is 2.39. The second-order valence-corrected chi connectivity index (χ2v) is 6.58. The molecule has 0 spiro atoms. The summed E-state index contributed by atoms with van der Waals surface area (Å²) < 4.78 is 0. The Balaban J connectivity index is 2.10. The number of nitrogens with zero attached hydrogens (tertiary/aromatic N) is 2. The molecule has 108 valence electrons. The second-order valence-electron chi connectivity index (χ2n) is 6.14.